The number of hydrogen-bond donors (Lipinski definition) is 0. The molecule has 6 atom stereocenters. The van der Waals surface area contributed by atoms with Gasteiger partial charge in [-0.25, -0.2) is 4.39 Å². The molecule has 0 aromatic carbocycles. The average molecular weight is 700 g/mol. The number of halogens is 1. The molecule has 288 valence electrons. The van der Waals surface area contributed by atoms with Gasteiger partial charge in [0.05, 0.1) is 12.7 Å². The summed E-state index contributed by atoms with van der Waals surface area (Å²) in [5, 5.41) is 0. The van der Waals surface area contributed by atoms with E-state index in [4.69, 9.17) is 16.1 Å². The first-order valence-corrected chi connectivity index (χ1v) is 20.9. The van der Waals surface area contributed by atoms with Crippen molar-refractivity contribution in [1.29, 1.82) is 0 Å². The molecule has 2 fully saturated rings. The van der Waals surface area contributed by atoms with E-state index in [1.54, 1.807) is 0 Å². The van der Waals surface area contributed by atoms with Gasteiger partial charge >= 0.3 is 0 Å². The van der Waals surface area contributed by atoms with Crippen LogP contribution in [-0.4, -0.2) is 62.4 Å². The van der Waals surface area contributed by atoms with Crippen molar-refractivity contribution in [1.82, 2.24) is 4.90 Å². The fraction of sp³-hybridized carbons (Fsp3) is 0.844. The molecule has 0 bridgehead atoms. The zero-order valence-corrected chi connectivity index (χ0v) is 34.1. The van der Waals surface area contributed by atoms with Crippen LogP contribution in [0.15, 0.2) is 34.9 Å². The maximum atomic E-state index is 13.9. The summed E-state index contributed by atoms with van der Waals surface area (Å²) >= 11 is 0. The molecule has 1 saturated heterocycles. The fourth-order valence-corrected chi connectivity index (χ4v) is 9.51. The van der Waals surface area contributed by atoms with Crippen LogP contribution >= 0.6 is 0 Å². The van der Waals surface area contributed by atoms with Crippen LogP contribution in [0.2, 0.25) is 0 Å². The number of aldehydes is 1. The number of alkyl halides is 1. The van der Waals surface area contributed by atoms with Crippen LogP contribution in [-0.2, 0) is 14.3 Å². The lowest BCUT2D eigenvalue weighted by atomic mass is 9.72. The highest BCUT2D eigenvalue weighted by Crippen LogP contribution is 2.57. The van der Waals surface area contributed by atoms with Gasteiger partial charge in [0, 0.05) is 37.8 Å². The van der Waals surface area contributed by atoms with Crippen LogP contribution in [0.5, 0.6) is 0 Å². The van der Waals surface area contributed by atoms with Gasteiger partial charge in [0.25, 0.3) is 0 Å². The lowest BCUT2D eigenvalue weighted by Crippen LogP contribution is -2.49. The number of rotatable bonds is 22. The van der Waals surface area contributed by atoms with E-state index in [2.05, 4.69) is 73.3 Å². The molecule has 0 spiro atoms. The summed E-state index contributed by atoms with van der Waals surface area (Å²) in [5.74, 6) is 2.46. The highest BCUT2D eigenvalue weighted by molar-refractivity contribution is 5.75. The Morgan fingerprint density at radius 1 is 1.06 bits per heavy atom. The number of carbonyl (C=O) groups is 1. The summed E-state index contributed by atoms with van der Waals surface area (Å²) in [7, 11) is 0. The lowest BCUT2D eigenvalue weighted by Gasteiger charge is -2.46. The van der Waals surface area contributed by atoms with Crippen LogP contribution in [0.3, 0.4) is 0 Å². The van der Waals surface area contributed by atoms with Gasteiger partial charge in [-0.15, -0.1) is 0 Å². The van der Waals surface area contributed by atoms with Gasteiger partial charge in [0.1, 0.15) is 12.5 Å². The maximum Gasteiger partial charge on any atom is 0.146 e. The Balaban J connectivity index is 1.72. The van der Waals surface area contributed by atoms with E-state index in [9.17, 15) is 9.18 Å². The van der Waals surface area contributed by atoms with Crippen molar-refractivity contribution in [3.63, 3.8) is 0 Å². The monoisotopic (exact) mass is 700 g/mol. The van der Waals surface area contributed by atoms with Crippen molar-refractivity contribution in [2.24, 2.45) is 34.5 Å². The molecule has 0 N–H and O–H groups in total. The molecule has 0 aromatic rings. The molecule has 2 aliphatic carbocycles. The third-order valence-electron chi connectivity index (χ3n) is 13.4. The van der Waals surface area contributed by atoms with Gasteiger partial charge in [-0.1, -0.05) is 105 Å². The number of likely N-dealkylation sites (tertiary alicyclic amines) is 1. The number of unbranched alkanes of at least 4 members (excludes halogenated alkanes) is 2. The second-order valence-corrected chi connectivity index (χ2v) is 17.6. The Morgan fingerprint density at radius 2 is 1.78 bits per heavy atom. The van der Waals surface area contributed by atoms with Crippen LogP contribution in [0.1, 0.15) is 159 Å². The minimum absolute atomic E-state index is 0.0376. The predicted molar refractivity (Wildman–Crippen MR) is 210 cm³/mol. The van der Waals surface area contributed by atoms with Crippen LogP contribution < -0.4 is 0 Å². The van der Waals surface area contributed by atoms with Crippen molar-refractivity contribution in [2.45, 2.75) is 177 Å². The van der Waals surface area contributed by atoms with Gasteiger partial charge in [-0.05, 0) is 118 Å². The number of carbonyl (C=O) groups excluding carboxylic acids is 1. The summed E-state index contributed by atoms with van der Waals surface area (Å²) < 4.78 is 26.2. The first kappa shape index (κ1) is 43.1. The average Bonchev–Trinajstić information content (AvgIpc) is 3.27. The first-order valence-electron chi connectivity index (χ1n) is 20.9. The predicted octanol–water partition coefficient (Wildman–Crippen LogP) is 11.9. The maximum absolute atomic E-state index is 13.9. The normalized spacial score (nSPS) is 30.4. The molecule has 0 amide bonds. The molecule has 1 heterocycles. The summed E-state index contributed by atoms with van der Waals surface area (Å²) in [6, 6.07) is 0.542. The second kappa shape index (κ2) is 20.8. The quantitative estimate of drug-likeness (QED) is 0.0488. The Labute approximate surface area is 308 Å². The fourth-order valence-electron chi connectivity index (χ4n) is 9.51. The summed E-state index contributed by atoms with van der Waals surface area (Å²) in [5.41, 5.74) is 4.67. The molecule has 0 radical (unpaired) electrons. The zero-order chi connectivity index (χ0) is 36.9. The standard InChI is InChI=1S/C45H78FNO3/c1-11-15-16-22-49-31-42(14-4)50-23-21-36(12-2)25-41-27-39(13-3)33(5)28-47(41)29-34(6)45(10)32-44(8,9)35(7)43(45)26-38(30-48)24-37-17-19-40(46)20-18-37/h26,30,33,36-37,39-42H,6,11-25,27-29,31-32H2,1-5,7-10H3/b38-26-/t33-,36?,37?,39?,40?,41?,42+,45?/m1/s1. The summed E-state index contributed by atoms with van der Waals surface area (Å²) in [6.07, 6.45) is 18.2. The van der Waals surface area contributed by atoms with Gasteiger partial charge in [0.2, 0.25) is 0 Å². The largest absolute Gasteiger partial charge is 0.379 e. The molecule has 0 aromatic heterocycles. The Bertz CT molecular complexity index is 1100. The molecule has 5 heteroatoms. The topological polar surface area (TPSA) is 38.8 Å². The van der Waals surface area contributed by atoms with E-state index >= 15 is 0 Å². The minimum Gasteiger partial charge on any atom is -0.379 e. The molecular formula is C45H78FNO3. The van der Waals surface area contributed by atoms with E-state index < -0.39 is 6.17 Å². The van der Waals surface area contributed by atoms with E-state index in [0.717, 1.165) is 89.0 Å². The zero-order valence-electron chi connectivity index (χ0n) is 34.1. The summed E-state index contributed by atoms with van der Waals surface area (Å²) in [6.45, 7) is 30.2. The van der Waals surface area contributed by atoms with Crippen molar-refractivity contribution in [3.05, 3.63) is 34.9 Å². The molecular weight excluding hydrogens is 621 g/mol. The number of nitrogens with zero attached hydrogens (tertiary/aromatic N) is 1. The number of hydrogen-bond acceptors (Lipinski definition) is 4. The molecule has 3 aliphatic rings. The number of piperidine rings is 1. The van der Waals surface area contributed by atoms with E-state index in [1.165, 1.54) is 55.2 Å². The van der Waals surface area contributed by atoms with Crippen LogP contribution in [0.4, 0.5) is 4.39 Å². The van der Waals surface area contributed by atoms with Crippen molar-refractivity contribution in [3.8, 4) is 0 Å². The Morgan fingerprint density at radius 3 is 2.40 bits per heavy atom. The number of allylic oxidation sites excluding steroid dienone is 4. The first-order chi connectivity index (χ1) is 23.8. The van der Waals surface area contributed by atoms with Crippen molar-refractivity contribution in [2.75, 3.05) is 32.9 Å². The van der Waals surface area contributed by atoms with Crippen molar-refractivity contribution >= 4 is 6.29 Å². The number of ether oxygens (including phenoxy) is 2. The molecule has 1 saturated carbocycles. The molecule has 3 rings (SSSR count). The van der Waals surface area contributed by atoms with Gasteiger partial charge in [-0.3, -0.25) is 9.69 Å². The van der Waals surface area contributed by atoms with Gasteiger partial charge < -0.3 is 9.47 Å². The highest BCUT2D eigenvalue weighted by atomic mass is 19.1. The van der Waals surface area contributed by atoms with E-state index in [-0.39, 0.29) is 16.9 Å². The summed E-state index contributed by atoms with van der Waals surface area (Å²) in [4.78, 5) is 15.2. The molecule has 4 unspecified atom stereocenters. The third-order valence-corrected chi connectivity index (χ3v) is 13.4. The Hall–Kier alpha value is -1.30. The lowest BCUT2D eigenvalue weighted by molar-refractivity contribution is -0.105. The van der Waals surface area contributed by atoms with E-state index in [1.807, 2.05) is 0 Å². The van der Waals surface area contributed by atoms with E-state index in [0.29, 0.717) is 43.2 Å². The van der Waals surface area contributed by atoms with Crippen LogP contribution in [0, 0.1) is 34.5 Å². The smallest absolute Gasteiger partial charge is 0.146 e. The molecule has 4 nitrogen and oxygen atoms in total. The SMILES string of the molecule is C=C(CN1C[C@@H](C)C(CC)CC1CC(CC)CCO[C@@H](CC)COCCCCC)C1(C)CC(C)(C)C(C)=C1/C=C(\C=O)CC1CCC(F)CC1. The molecule has 50 heavy (non-hydrogen) atoms. The molecule has 1 aliphatic heterocycles. The van der Waals surface area contributed by atoms with Crippen LogP contribution in [0.25, 0.3) is 0 Å². The highest BCUT2D eigenvalue weighted by Gasteiger charge is 2.47. The van der Waals surface area contributed by atoms with Gasteiger partial charge in [0.15, 0.2) is 0 Å². The minimum atomic E-state index is -0.671. The van der Waals surface area contributed by atoms with Crippen molar-refractivity contribution < 1.29 is 18.7 Å². The Kier molecular flexibility index (Phi) is 17.9. The van der Waals surface area contributed by atoms with Gasteiger partial charge in [-0.2, -0.15) is 0 Å². The third kappa shape index (κ3) is 12.1. The second-order valence-electron chi connectivity index (χ2n) is 17.6.